The number of benzene rings is 1. The molecule has 1 atom stereocenters. The van der Waals surface area contributed by atoms with Gasteiger partial charge in [0, 0.05) is 11.5 Å². The van der Waals surface area contributed by atoms with Crippen molar-refractivity contribution in [2.45, 2.75) is 46.1 Å². The van der Waals surface area contributed by atoms with Crippen molar-refractivity contribution in [2.24, 2.45) is 0 Å². The van der Waals surface area contributed by atoms with Gasteiger partial charge >= 0.3 is 0 Å². The van der Waals surface area contributed by atoms with Crippen LogP contribution in [0.15, 0.2) is 53.7 Å². The third-order valence-electron chi connectivity index (χ3n) is 3.29. The van der Waals surface area contributed by atoms with E-state index in [1.165, 1.54) is 11.1 Å². The highest BCUT2D eigenvalue weighted by molar-refractivity contribution is 5.31. The standard InChI is InChI=1S/C17H22O2/c1-12(2)18-17-16(11-10-13(3)19-17)14(4)15-8-6-5-7-9-15/h5-10,12,14H,11H2,1-4H3. The maximum Gasteiger partial charge on any atom is 0.284 e. The lowest BCUT2D eigenvalue weighted by Gasteiger charge is -2.25. The topological polar surface area (TPSA) is 18.5 Å². The summed E-state index contributed by atoms with van der Waals surface area (Å²) in [5, 5.41) is 0. The molecule has 0 N–H and O–H groups in total. The first-order valence-electron chi connectivity index (χ1n) is 6.87. The molecule has 0 fully saturated rings. The van der Waals surface area contributed by atoms with E-state index in [-0.39, 0.29) is 6.10 Å². The number of rotatable bonds is 4. The molecule has 1 unspecified atom stereocenters. The van der Waals surface area contributed by atoms with Crippen LogP contribution < -0.4 is 0 Å². The van der Waals surface area contributed by atoms with Crippen LogP contribution in [0, 0.1) is 0 Å². The van der Waals surface area contributed by atoms with Crippen LogP contribution in [-0.4, -0.2) is 6.10 Å². The third kappa shape index (κ3) is 3.40. The van der Waals surface area contributed by atoms with Crippen LogP contribution in [0.3, 0.4) is 0 Å². The lowest BCUT2D eigenvalue weighted by atomic mass is 9.90. The second kappa shape index (κ2) is 5.96. The molecule has 0 amide bonds. The van der Waals surface area contributed by atoms with Crippen molar-refractivity contribution in [2.75, 3.05) is 0 Å². The molecule has 102 valence electrons. The molecule has 0 saturated carbocycles. The second-order valence-electron chi connectivity index (χ2n) is 5.23. The Bertz CT molecular complexity index is 483. The zero-order chi connectivity index (χ0) is 13.8. The number of hydrogen-bond acceptors (Lipinski definition) is 2. The molecule has 0 bridgehead atoms. The Hall–Kier alpha value is -1.70. The molecular formula is C17H22O2. The van der Waals surface area contributed by atoms with Crippen molar-refractivity contribution < 1.29 is 9.47 Å². The van der Waals surface area contributed by atoms with E-state index in [9.17, 15) is 0 Å². The Labute approximate surface area is 115 Å². The van der Waals surface area contributed by atoms with Gasteiger partial charge in [0.25, 0.3) is 5.95 Å². The first-order chi connectivity index (χ1) is 9.08. The number of ether oxygens (including phenoxy) is 2. The van der Waals surface area contributed by atoms with Crippen molar-refractivity contribution >= 4 is 0 Å². The van der Waals surface area contributed by atoms with Crippen LogP contribution in [0.4, 0.5) is 0 Å². The Morgan fingerprint density at radius 3 is 2.42 bits per heavy atom. The molecule has 1 aromatic rings. The van der Waals surface area contributed by atoms with Crippen LogP contribution in [0.5, 0.6) is 0 Å². The molecule has 0 aromatic heterocycles. The maximum atomic E-state index is 5.83. The van der Waals surface area contributed by atoms with Crippen molar-refractivity contribution in [3.63, 3.8) is 0 Å². The third-order valence-corrected chi connectivity index (χ3v) is 3.29. The van der Waals surface area contributed by atoms with Crippen LogP contribution in [-0.2, 0) is 9.47 Å². The molecule has 0 radical (unpaired) electrons. The Balaban J connectivity index is 2.28. The largest absolute Gasteiger partial charge is 0.462 e. The van der Waals surface area contributed by atoms with Gasteiger partial charge in [-0.15, -0.1) is 0 Å². The summed E-state index contributed by atoms with van der Waals surface area (Å²) >= 11 is 0. The van der Waals surface area contributed by atoms with Gasteiger partial charge < -0.3 is 9.47 Å². The second-order valence-corrected chi connectivity index (χ2v) is 5.23. The summed E-state index contributed by atoms with van der Waals surface area (Å²) in [5.74, 6) is 1.91. The molecule has 19 heavy (non-hydrogen) atoms. The Kier molecular flexibility index (Phi) is 4.31. The minimum Gasteiger partial charge on any atom is -0.462 e. The fraction of sp³-hybridized carbons (Fsp3) is 0.412. The van der Waals surface area contributed by atoms with E-state index in [0.717, 1.165) is 12.2 Å². The lowest BCUT2D eigenvalue weighted by Crippen LogP contribution is -2.13. The lowest BCUT2D eigenvalue weighted by molar-refractivity contribution is 0.0253. The van der Waals surface area contributed by atoms with Crippen molar-refractivity contribution in [3.8, 4) is 0 Å². The molecule has 2 heteroatoms. The normalized spacial score (nSPS) is 17.0. The highest BCUT2D eigenvalue weighted by Gasteiger charge is 2.22. The van der Waals surface area contributed by atoms with E-state index >= 15 is 0 Å². The summed E-state index contributed by atoms with van der Waals surface area (Å²) in [4.78, 5) is 0. The van der Waals surface area contributed by atoms with Crippen LogP contribution in [0.25, 0.3) is 0 Å². The molecule has 0 aliphatic carbocycles. The zero-order valence-electron chi connectivity index (χ0n) is 12.1. The minimum atomic E-state index is 0.124. The summed E-state index contributed by atoms with van der Waals surface area (Å²) in [6.45, 7) is 8.21. The first kappa shape index (κ1) is 13.7. The maximum absolute atomic E-state index is 5.83. The molecule has 2 nitrogen and oxygen atoms in total. The molecule has 1 aliphatic heterocycles. The van der Waals surface area contributed by atoms with E-state index < -0.39 is 0 Å². The minimum absolute atomic E-state index is 0.124. The van der Waals surface area contributed by atoms with Gasteiger partial charge in [-0.25, -0.2) is 0 Å². The fourth-order valence-electron chi connectivity index (χ4n) is 2.20. The molecular weight excluding hydrogens is 236 g/mol. The molecule has 0 saturated heterocycles. The SMILES string of the molecule is CC1=CCC(C(C)c2ccccc2)=C(OC(C)C)O1. The highest BCUT2D eigenvalue weighted by atomic mass is 16.7. The van der Waals surface area contributed by atoms with Crippen LogP contribution in [0.2, 0.25) is 0 Å². The fourth-order valence-corrected chi connectivity index (χ4v) is 2.20. The predicted molar refractivity (Wildman–Crippen MR) is 77.6 cm³/mol. The highest BCUT2D eigenvalue weighted by Crippen LogP contribution is 2.34. The van der Waals surface area contributed by atoms with Gasteiger partial charge in [-0.1, -0.05) is 37.3 Å². The summed E-state index contributed by atoms with van der Waals surface area (Å²) in [5.41, 5.74) is 2.50. The van der Waals surface area contributed by atoms with E-state index in [4.69, 9.17) is 9.47 Å². The summed E-state index contributed by atoms with van der Waals surface area (Å²) in [7, 11) is 0. The monoisotopic (exact) mass is 258 g/mol. The quantitative estimate of drug-likeness (QED) is 0.775. The molecule has 1 aliphatic rings. The van der Waals surface area contributed by atoms with Crippen molar-refractivity contribution in [1.82, 2.24) is 0 Å². The average Bonchev–Trinajstić information content (AvgIpc) is 2.38. The molecule has 1 heterocycles. The van der Waals surface area contributed by atoms with Crippen molar-refractivity contribution in [1.29, 1.82) is 0 Å². The number of allylic oxidation sites excluding steroid dienone is 3. The first-order valence-corrected chi connectivity index (χ1v) is 6.87. The molecule has 2 rings (SSSR count). The number of hydrogen-bond donors (Lipinski definition) is 0. The van der Waals surface area contributed by atoms with Crippen molar-refractivity contribution in [3.05, 3.63) is 59.2 Å². The van der Waals surface area contributed by atoms with Gasteiger partial charge in [0.1, 0.15) is 5.76 Å². The summed E-state index contributed by atoms with van der Waals surface area (Å²) in [6.07, 6.45) is 3.13. The molecule has 0 spiro atoms. The average molecular weight is 258 g/mol. The van der Waals surface area contributed by atoms with Crippen LogP contribution >= 0.6 is 0 Å². The van der Waals surface area contributed by atoms with E-state index in [0.29, 0.717) is 11.9 Å². The predicted octanol–water partition coefficient (Wildman–Crippen LogP) is 4.75. The van der Waals surface area contributed by atoms with Crippen LogP contribution in [0.1, 0.15) is 45.6 Å². The van der Waals surface area contributed by atoms with E-state index in [1.807, 2.05) is 26.8 Å². The Morgan fingerprint density at radius 1 is 1.11 bits per heavy atom. The van der Waals surface area contributed by atoms with Gasteiger partial charge in [0.05, 0.1) is 6.10 Å². The van der Waals surface area contributed by atoms with Gasteiger partial charge in [-0.2, -0.15) is 0 Å². The smallest absolute Gasteiger partial charge is 0.284 e. The summed E-state index contributed by atoms with van der Waals surface area (Å²) in [6, 6.07) is 10.5. The van der Waals surface area contributed by atoms with E-state index in [2.05, 4.69) is 37.3 Å². The summed E-state index contributed by atoms with van der Waals surface area (Å²) < 4.78 is 11.6. The van der Waals surface area contributed by atoms with Gasteiger partial charge in [-0.05, 0) is 38.8 Å². The molecule has 1 aromatic carbocycles. The van der Waals surface area contributed by atoms with Gasteiger partial charge in [-0.3, -0.25) is 0 Å². The van der Waals surface area contributed by atoms with E-state index in [1.54, 1.807) is 0 Å². The Morgan fingerprint density at radius 2 is 1.79 bits per heavy atom. The van der Waals surface area contributed by atoms with Gasteiger partial charge in [0.2, 0.25) is 0 Å². The zero-order valence-corrected chi connectivity index (χ0v) is 12.1. The van der Waals surface area contributed by atoms with Gasteiger partial charge in [0.15, 0.2) is 0 Å².